The highest BCUT2D eigenvalue weighted by atomic mass is 79.9. The molecule has 1 fully saturated rings. The monoisotopic (exact) mass is 270 g/mol. The predicted octanol–water partition coefficient (Wildman–Crippen LogP) is 3.20. The van der Waals surface area contributed by atoms with Crippen molar-refractivity contribution in [2.75, 3.05) is 17.2 Å². The van der Waals surface area contributed by atoms with Crippen molar-refractivity contribution in [3.63, 3.8) is 0 Å². The molecule has 0 radical (unpaired) electrons. The third-order valence-corrected chi connectivity index (χ3v) is 3.71. The lowest BCUT2D eigenvalue weighted by molar-refractivity contribution is 0.616. The van der Waals surface area contributed by atoms with Gasteiger partial charge in [0.1, 0.15) is 5.82 Å². The first kappa shape index (κ1) is 9.46. The lowest BCUT2D eigenvalue weighted by atomic mass is 10.1. The van der Waals surface area contributed by atoms with E-state index in [0.717, 1.165) is 23.8 Å². The van der Waals surface area contributed by atoms with Gasteiger partial charge in [-0.1, -0.05) is 0 Å². The quantitative estimate of drug-likeness (QED) is 0.819. The first-order chi connectivity index (χ1) is 7.24. The van der Waals surface area contributed by atoms with Crippen molar-refractivity contribution in [2.24, 2.45) is 5.92 Å². The van der Waals surface area contributed by atoms with Gasteiger partial charge in [0.25, 0.3) is 0 Å². The normalized spacial score (nSPS) is 24.0. The molecule has 1 heterocycles. The lowest BCUT2D eigenvalue weighted by Crippen LogP contribution is -2.34. The number of hydrogen-bond donors (Lipinski definition) is 2. The highest BCUT2D eigenvalue weighted by molar-refractivity contribution is 9.10. The van der Waals surface area contributed by atoms with Gasteiger partial charge in [-0.25, -0.2) is 4.39 Å². The Hall–Kier alpha value is -0.770. The minimum atomic E-state index is -0.209. The van der Waals surface area contributed by atoms with Crippen molar-refractivity contribution < 1.29 is 4.39 Å². The SMILES string of the molecule is Fc1cc2c(cc1Br)NCC(C1CC1)N2. The molecular formula is C11H12BrFN2. The summed E-state index contributed by atoms with van der Waals surface area (Å²) in [4.78, 5) is 0. The van der Waals surface area contributed by atoms with E-state index in [0.29, 0.717) is 10.5 Å². The van der Waals surface area contributed by atoms with Gasteiger partial charge in [-0.2, -0.15) is 0 Å². The van der Waals surface area contributed by atoms with E-state index in [4.69, 9.17) is 0 Å². The van der Waals surface area contributed by atoms with E-state index in [9.17, 15) is 4.39 Å². The van der Waals surface area contributed by atoms with Gasteiger partial charge in [-0.3, -0.25) is 0 Å². The molecule has 2 N–H and O–H groups in total. The maximum atomic E-state index is 13.3. The summed E-state index contributed by atoms with van der Waals surface area (Å²) < 4.78 is 13.9. The Morgan fingerprint density at radius 1 is 1.27 bits per heavy atom. The Morgan fingerprint density at radius 2 is 2.07 bits per heavy atom. The first-order valence-corrected chi connectivity index (χ1v) is 6.03. The van der Waals surface area contributed by atoms with Gasteiger partial charge in [0, 0.05) is 18.7 Å². The molecule has 0 bridgehead atoms. The van der Waals surface area contributed by atoms with Crippen LogP contribution in [0.3, 0.4) is 0 Å². The fourth-order valence-corrected chi connectivity index (χ4v) is 2.41. The van der Waals surface area contributed by atoms with Gasteiger partial charge in [0.2, 0.25) is 0 Å². The molecule has 1 atom stereocenters. The van der Waals surface area contributed by atoms with Crippen LogP contribution in [0.15, 0.2) is 16.6 Å². The molecule has 4 heteroatoms. The van der Waals surface area contributed by atoms with E-state index < -0.39 is 0 Å². The van der Waals surface area contributed by atoms with Gasteiger partial charge in [0.15, 0.2) is 0 Å². The molecule has 0 aromatic heterocycles. The minimum Gasteiger partial charge on any atom is -0.381 e. The van der Waals surface area contributed by atoms with Crippen LogP contribution in [0.5, 0.6) is 0 Å². The van der Waals surface area contributed by atoms with Crippen molar-refractivity contribution >= 4 is 27.3 Å². The number of nitrogens with one attached hydrogen (secondary N) is 2. The average Bonchev–Trinajstić information content (AvgIpc) is 3.02. The average molecular weight is 271 g/mol. The van der Waals surface area contributed by atoms with Gasteiger partial charge < -0.3 is 10.6 Å². The summed E-state index contributed by atoms with van der Waals surface area (Å²) in [5.74, 6) is 0.567. The summed E-state index contributed by atoms with van der Waals surface area (Å²) in [7, 11) is 0. The van der Waals surface area contributed by atoms with E-state index in [2.05, 4.69) is 26.6 Å². The molecule has 3 rings (SSSR count). The van der Waals surface area contributed by atoms with Crippen molar-refractivity contribution in [3.05, 3.63) is 22.4 Å². The summed E-state index contributed by atoms with van der Waals surface area (Å²) in [5, 5.41) is 6.75. The fourth-order valence-electron chi connectivity index (χ4n) is 2.07. The molecule has 0 spiro atoms. The Kier molecular flexibility index (Phi) is 2.12. The van der Waals surface area contributed by atoms with Crippen LogP contribution in [0.1, 0.15) is 12.8 Å². The second kappa shape index (κ2) is 3.37. The van der Waals surface area contributed by atoms with E-state index in [1.807, 2.05) is 0 Å². The Morgan fingerprint density at radius 3 is 2.80 bits per heavy atom. The topological polar surface area (TPSA) is 24.1 Å². The molecule has 1 aromatic carbocycles. The number of benzene rings is 1. The molecular weight excluding hydrogens is 259 g/mol. The summed E-state index contributed by atoms with van der Waals surface area (Å²) in [6.07, 6.45) is 2.60. The van der Waals surface area contributed by atoms with E-state index in [1.54, 1.807) is 12.1 Å². The second-order valence-electron chi connectivity index (χ2n) is 4.28. The molecule has 0 amide bonds. The van der Waals surface area contributed by atoms with Gasteiger partial charge in [-0.05, 0) is 40.8 Å². The number of anilines is 2. The van der Waals surface area contributed by atoms with Crippen molar-refractivity contribution in [1.82, 2.24) is 0 Å². The first-order valence-electron chi connectivity index (χ1n) is 5.23. The Labute approximate surface area is 96.4 Å². The maximum Gasteiger partial charge on any atom is 0.139 e. The minimum absolute atomic E-state index is 0.209. The largest absolute Gasteiger partial charge is 0.381 e. The summed E-state index contributed by atoms with van der Waals surface area (Å²) in [5.41, 5.74) is 1.87. The Bertz CT molecular complexity index is 404. The smallest absolute Gasteiger partial charge is 0.139 e. The van der Waals surface area contributed by atoms with Crippen molar-refractivity contribution in [2.45, 2.75) is 18.9 Å². The van der Waals surface area contributed by atoms with Crippen LogP contribution in [0.4, 0.5) is 15.8 Å². The number of halogens is 2. The predicted molar refractivity (Wildman–Crippen MR) is 62.7 cm³/mol. The van der Waals surface area contributed by atoms with Crippen LogP contribution >= 0.6 is 15.9 Å². The zero-order chi connectivity index (χ0) is 10.4. The van der Waals surface area contributed by atoms with Crippen LogP contribution in [0.2, 0.25) is 0 Å². The lowest BCUT2D eigenvalue weighted by Gasteiger charge is -2.28. The number of hydrogen-bond acceptors (Lipinski definition) is 2. The van der Waals surface area contributed by atoms with E-state index in [1.165, 1.54) is 12.8 Å². The molecule has 1 aliphatic heterocycles. The molecule has 80 valence electrons. The third-order valence-electron chi connectivity index (χ3n) is 3.10. The molecule has 1 aromatic rings. The standard InChI is InChI=1S/C11H12BrFN2/c12-7-3-9-10(4-8(7)13)15-11(5-14-9)6-1-2-6/h3-4,6,11,14-15H,1-2,5H2. The second-order valence-corrected chi connectivity index (χ2v) is 5.14. The molecule has 1 unspecified atom stereocenters. The zero-order valence-corrected chi connectivity index (χ0v) is 9.77. The van der Waals surface area contributed by atoms with Gasteiger partial charge in [0.05, 0.1) is 15.8 Å². The molecule has 0 saturated heterocycles. The maximum absolute atomic E-state index is 13.3. The molecule has 1 saturated carbocycles. The highest BCUT2D eigenvalue weighted by Gasteiger charge is 2.33. The number of rotatable bonds is 1. The zero-order valence-electron chi connectivity index (χ0n) is 8.19. The molecule has 2 aliphatic rings. The van der Waals surface area contributed by atoms with Crippen LogP contribution in [0, 0.1) is 11.7 Å². The fraction of sp³-hybridized carbons (Fsp3) is 0.455. The Balaban J connectivity index is 1.91. The molecule has 1 aliphatic carbocycles. The van der Waals surface area contributed by atoms with Gasteiger partial charge >= 0.3 is 0 Å². The van der Waals surface area contributed by atoms with Crippen LogP contribution in [-0.4, -0.2) is 12.6 Å². The van der Waals surface area contributed by atoms with Crippen molar-refractivity contribution in [3.8, 4) is 0 Å². The number of fused-ring (bicyclic) bond motifs is 1. The van der Waals surface area contributed by atoms with Crippen molar-refractivity contribution in [1.29, 1.82) is 0 Å². The van der Waals surface area contributed by atoms with Crippen LogP contribution < -0.4 is 10.6 Å². The summed E-state index contributed by atoms with van der Waals surface area (Å²) >= 11 is 3.19. The summed E-state index contributed by atoms with van der Waals surface area (Å²) in [6.45, 7) is 0.940. The van der Waals surface area contributed by atoms with E-state index in [-0.39, 0.29) is 5.82 Å². The molecule has 2 nitrogen and oxygen atoms in total. The van der Waals surface area contributed by atoms with Crippen LogP contribution in [0.25, 0.3) is 0 Å². The van der Waals surface area contributed by atoms with Crippen LogP contribution in [-0.2, 0) is 0 Å². The summed E-state index contributed by atoms with van der Waals surface area (Å²) in [6, 6.07) is 3.82. The van der Waals surface area contributed by atoms with E-state index >= 15 is 0 Å². The highest BCUT2D eigenvalue weighted by Crippen LogP contribution is 2.39. The van der Waals surface area contributed by atoms with Gasteiger partial charge in [-0.15, -0.1) is 0 Å². The molecule has 15 heavy (non-hydrogen) atoms. The third kappa shape index (κ3) is 1.71.